The summed E-state index contributed by atoms with van der Waals surface area (Å²) >= 11 is 0. The Morgan fingerprint density at radius 3 is 2.30 bits per heavy atom. The molecule has 0 bridgehead atoms. The van der Waals surface area contributed by atoms with E-state index in [4.69, 9.17) is 0 Å². The quantitative estimate of drug-likeness (QED) is 0.585. The lowest BCUT2D eigenvalue weighted by Gasteiger charge is -2.06. The van der Waals surface area contributed by atoms with Gasteiger partial charge in [-0.25, -0.2) is 0 Å². The van der Waals surface area contributed by atoms with E-state index < -0.39 is 10.1 Å². The summed E-state index contributed by atoms with van der Waals surface area (Å²) in [6.07, 6.45) is 2.00. The van der Waals surface area contributed by atoms with Gasteiger partial charge in [-0.1, -0.05) is 20.3 Å². The molecule has 0 aromatic rings. The molecule has 0 spiro atoms. The average molecular weight is 166 g/mol. The summed E-state index contributed by atoms with van der Waals surface area (Å²) in [5, 5.41) is 0. The van der Waals surface area contributed by atoms with E-state index in [0.29, 0.717) is 12.5 Å². The molecule has 0 aromatic carbocycles. The molecule has 0 aromatic heterocycles. The van der Waals surface area contributed by atoms with Crippen molar-refractivity contribution in [2.45, 2.75) is 20.3 Å². The van der Waals surface area contributed by atoms with Crippen LogP contribution >= 0.6 is 0 Å². The molecule has 1 atom stereocenters. The minimum Gasteiger partial charge on any atom is -0.270 e. The fourth-order valence-electron chi connectivity index (χ4n) is 0.358. The highest BCUT2D eigenvalue weighted by molar-refractivity contribution is 7.85. The van der Waals surface area contributed by atoms with Gasteiger partial charge in [-0.2, -0.15) is 8.42 Å². The molecule has 0 fully saturated rings. The Morgan fingerprint density at radius 2 is 2.00 bits per heavy atom. The van der Waals surface area contributed by atoms with E-state index in [1.165, 1.54) is 0 Å². The van der Waals surface area contributed by atoms with Gasteiger partial charge in [-0.15, -0.1) is 0 Å². The Hall–Kier alpha value is -0.0900. The van der Waals surface area contributed by atoms with Crippen LogP contribution in [0, 0.1) is 5.92 Å². The Bertz CT molecular complexity index is 171. The highest BCUT2D eigenvalue weighted by Gasteiger charge is 2.04. The van der Waals surface area contributed by atoms with Crippen LogP contribution in [0.15, 0.2) is 0 Å². The third kappa shape index (κ3) is 6.04. The van der Waals surface area contributed by atoms with Crippen molar-refractivity contribution in [3.8, 4) is 0 Å². The molecule has 0 unspecified atom stereocenters. The van der Waals surface area contributed by atoms with Gasteiger partial charge >= 0.3 is 0 Å². The highest BCUT2D eigenvalue weighted by Crippen LogP contribution is 2.02. The van der Waals surface area contributed by atoms with Crippen LogP contribution in [0.25, 0.3) is 0 Å². The molecule has 0 aliphatic rings. The lowest BCUT2D eigenvalue weighted by Crippen LogP contribution is -2.09. The number of rotatable bonds is 4. The van der Waals surface area contributed by atoms with Crippen molar-refractivity contribution in [1.29, 1.82) is 0 Å². The number of hydrogen-bond donors (Lipinski definition) is 0. The summed E-state index contributed by atoms with van der Waals surface area (Å²) < 4.78 is 25.4. The fraction of sp³-hybridized carbons (Fsp3) is 1.00. The second kappa shape index (κ2) is 3.93. The second-order valence-corrected chi connectivity index (χ2v) is 4.15. The standard InChI is InChI=1S/C6H14O3S/c1-4-6(2)5-9-10(3,7)8/h6H,4-5H2,1-3H3/t6-/m0/s1. The average Bonchev–Trinajstić information content (AvgIpc) is 1.81. The maximum atomic E-state index is 10.4. The Balaban J connectivity index is 3.56. The molecule has 0 heterocycles. The zero-order valence-electron chi connectivity index (χ0n) is 6.62. The smallest absolute Gasteiger partial charge is 0.264 e. The molecule has 0 saturated heterocycles. The third-order valence-corrected chi connectivity index (χ3v) is 1.83. The van der Waals surface area contributed by atoms with E-state index in [-0.39, 0.29) is 0 Å². The van der Waals surface area contributed by atoms with Crippen molar-refractivity contribution in [2.24, 2.45) is 5.92 Å². The molecule has 0 radical (unpaired) electrons. The van der Waals surface area contributed by atoms with Crippen molar-refractivity contribution in [2.75, 3.05) is 12.9 Å². The molecule has 10 heavy (non-hydrogen) atoms. The zero-order chi connectivity index (χ0) is 8.20. The zero-order valence-corrected chi connectivity index (χ0v) is 7.44. The molecule has 62 valence electrons. The van der Waals surface area contributed by atoms with Crippen molar-refractivity contribution < 1.29 is 12.6 Å². The van der Waals surface area contributed by atoms with Crippen LogP contribution in [0.3, 0.4) is 0 Å². The van der Waals surface area contributed by atoms with Gasteiger partial charge in [0.25, 0.3) is 10.1 Å². The Kier molecular flexibility index (Phi) is 3.89. The minimum atomic E-state index is -3.23. The van der Waals surface area contributed by atoms with Gasteiger partial charge in [-0.3, -0.25) is 4.18 Å². The van der Waals surface area contributed by atoms with Gasteiger partial charge in [0.2, 0.25) is 0 Å². The van der Waals surface area contributed by atoms with Crippen LogP contribution in [-0.2, 0) is 14.3 Å². The van der Waals surface area contributed by atoms with Crippen LogP contribution in [0.1, 0.15) is 20.3 Å². The van der Waals surface area contributed by atoms with Crippen LogP contribution in [-0.4, -0.2) is 21.3 Å². The summed E-state index contributed by atoms with van der Waals surface area (Å²) in [6, 6.07) is 0. The third-order valence-electron chi connectivity index (χ3n) is 1.26. The first-order chi connectivity index (χ1) is 4.45. The van der Waals surface area contributed by atoms with E-state index >= 15 is 0 Å². The van der Waals surface area contributed by atoms with Gasteiger partial charge in [0.15, 0.2) is 0 Å². The van der Waals surface area contributed by atoms with Crippen molar-refractivity contribution in [3.63, 3.8) is 0 Å². The second-order valence-electron chi connectivity index (χ2n) is 2.50. The molecule has 0 N–H and O–H groups in total. The molecular weight excluding hydrogens is 152 g/mol. The maximum Gasteiger partial charge on any atom is 0.264 e. The van der Waals surface area contributed by atoms with Gasteiger partial charge in [0.05, 0.1) is 12.9 Å². The monoisotopic (exact) mass is 166 g/mol. The maximum absolute atomic E-state index is 10.4. The Labute approximate surface area is 62.5 Å². The molecule has 0 aliphatic heterocycles. The van der Waals surface area contributed by atoms with Gasteiger partial charge in [0, 0.05) is 0 Å². The highest BCUT2D eigenvalue weighted by atomic mass is 32.2. The summed E-state index contributed by atoms with van der Waals surface area (Å²) in [5.41, 5.74) is 0. The van der Waals surface area contributed by atoms with Gasteiger partial charge < -0.3 is 0 Å². The lowest BCUT2D eigenvalue weighted by molar-refractivity contribution is 0.264. The predicted molar refractivity (Wildman–Crippen MR) is 40.3 cm³/mol. The van der Waals surface area contributed by atoms with Crippen molar-refractivity contribution >= 4 is 10.1 Å². The topological polar surface area (TPSA) is 43.4 Å². The van der Waals surface area contributed by atoms with Crippen LogP contribution in [0.5, 0.6) is 0 Å². The summed E-state index contributed by atoms with van der Waals surface area (Å²) in [6.45, 7) is 4.25. The van der Waals surface area contributed by atoms with E-state index in [1.807, 2.05) is 13.8 Å². The summed E-state index contributed by atoms with van der Waals surface area (Å²) in [5.74, 6) is 0.315. The van der Waals surface area contributed by atoms with Crippen LogP contribution in [0.2, 0.25) is 0 Å². The van der Waals surface area contributed by atoms with Crippen molar-refractivity contribution in [1.82, 2.24) is 0 Å². The van der Waals surface area contributed by atoms with Crippen LogP contribution in [0.4, 0.5) is 0 Å². The normalized spacial score (nSPS) is 15.1. The van der Waals surface area contributed by atoms with Gasteiger partial charge in [0.1, 0.15) is 0 Å². The first kappa shape index (κ1) is 9.91. The minimum absolute atomic E-state index is 0.301. The molecular formula is C6H14O3S. The molecule has 0 aliphatic carbocycles. The van der Waals surface area contributed by atoms with E-state index in [2.05, 4.69) is 4.18 Å². The number of hydrogen-bond acceptors (Lipinski definition) is 3. The van der Waals surface area contributed by atoms with E-state index in [1.54, 1.807) is 0 Å². The van der Waals surface area contributed by atoms with E-state index in [9.17, 15) is 8.42 Å². The SMILES string of the molecule is CC[C@H](C)COS(C)(=O)=O. The fourth-order valence-corrected chi connectivity index (χ4v) is 0.837. The summed E-state index contributed by atoms with van der Waals surface area (Å²) in [7, 11) is -3.23. The Morgan fingerprint density at radius 1 is 1.50 bits per heavy atom. The lowest BCUT2D eigenvalue weighted by atomic mass is 10.1. The van der Waals surface area contributed by atoms with Crippen molar-refractivity contribution in [3.05, 3.63) is 0 Å². The molecule has 0 amide bonds. The van der Waals surface area contributed by atoms with Gasteiger partial charge in [-0.05, 0) is 5.92 Å². The predicted octanol–water partition coefficient (Wildman–Crippen LogP) is 1.01. The molecule has 3 nitrogen and oxygen atoms in total. The molecule has 0 rings (SSSR count). The first-order valence-corrected chi connectivity index (χ1v) is 5.11. The largest absolute Gasteiger partial charge is 0.270 e. The van der Waals surface area contributed by atoms with Crippen LogP contribution < -0.4 is 0 Å². The first-order valence-electron chi connectivity index (χ1n) is 3.30. The van der Waals surface area contributed by atoms with E-state index in [0.717, 1.165) is 12.7 Å². The molecule has 4 heteroatoms. The molecule has 0 saturated carbocycles. The summed E-state index contributed by atoms with van der Waals surface area (Å²) in [4.78, 5) is 0.